The van der Waals surface area contributed by atoms with Gasteiger partial charge in [0.2, 0.25) is 5.91 Å². The Labute approximate surface area is 170 Å². The summed E-state index contributed by atoms with van der Waals surface area (Å²) in [6, 6.07) is 11.1. The quantitative estimate of drug-likeness (QED) is 0.656. The van der Waals surface area contributed by atoms with Crippen molar-refractivity contribution in [2.75, 3.05) is 24.7 Å². The Balaban J connectivity index is 1.60. The first-order valence-corrected chi connectivity index (χ1v) is 12.4. The number of carbonyl (C=O) groups is 1. The Morgan fingerprint density at radius 2 is 2.00 bits per heavy atom. The van der Waals surface area contributed by atoms with Crippen LogP contribution in [0.3, 0.4) is 0 Å². The van der Waals surface area contributed by atoms with E-state index < -0.39 is 10.0 Å². The van der Waals surface area contributed by atoms with Gasteiger partial charge in [0.15, 0.2) is 0 Å². The summed E-state index contributed by atoms with van der Waals surface area (Å²) in [5.74, 6) is -0.214. The monoisotopic (exact) mass is 474 g/mol. The van der Waals surface area contributed by atoms with Crippen LogP contribution in [-0.4, -0.2) is 38.0 Å². The summed E-state index contributed by atoms with van der Waals surface area (Å²) in [6.07, 6.45) is 3.04. The predicted molar refractivity (Wildman–Crippen MR) is 110 cm³/mol. The number of thiophene rings is 1. The van der Waals surface area contributed by atoms with Gasteiger partial charge in [-0.15, -0.1) is 23.1 Å². The third-order valence-corrected chi connectivity index (χ3v) is 9.02. The van der Waals surface area contributed by atoms with Gasteiger partial charge in [-0.05, 0) is 65.4 Å². The highest BCUT2D eigenvalue weighted by Crippen LogP contribution is 2.31. The lowest BCUT2D eigenvalue weighted by molar-refractivity contribution is -0.120. The minimum Gasteiger partial charge on any atom is -0.326 e. The molecule has 0 unspecified atom stereocenters. The number of amides is 1. The minimum absolute atomic E-state index is 0.0424. The Kier molecular flexibility index (Phi) is 6.45. The van der Waals surface area contributed by atoms with Gasteiger partial charge in [-0.2, -0.15) is 4.31 Å². The number of nitrogens with one attached hydrogen (secondary N) is 1. The van der Waals surface area contributed by atoms with Crippen molar-refractivity contribution in [1.29, 1.82) is 0 Å². The van der Waals surface area contributed by atoms with E-state index in [4.69, 9.17) is 0 Å². The van der Waals surface area contributed by atoms with E-state index in [1.807, 2.05) is 30.5 Å². The van der Waals surface area contributed by atoms with Gasteiger partial charge in [-0.3, -0.25) is 4.79 Å². The highest BCUT2D eigenvalue weighted by molar-refractivity contribution is 9.11. The van der Waals surface area contributed by atoms with Crippen molar-refractivity contribution in [3.63, 3.8) is 0 Å². The molecule has 1 aliphatic heterocycles. The molecule has 1 aromatic heterocycles. The minimum atomic E-state index is -3.47. The number of benzene rings is 1. The molecular formula is C17H19BrN2O3S3. The molecule has 0 radical (unpaired) electrons. The van der Waals surface area contributed by atoms with Crippen molar-refractivity contribution < 1.29 is 13.2 Å². The van der Waals surface area contributed by atoms with E-state index >= 15 is 0 Å². The summed E-state index contributed by atoms with van der Waals surface area (Å²) >= 11 is 6.13. The van der Waals surface area contributed by atoms with Gasteiger partial charge in [0.05, 0.1) is 3.79 Å². The molecule has 1 saturated heterocycles. The van der Waals surface area contributed by atoms with Crippen LogP contribution < -0.4 is 5.32 Å². The fraction of sp³-hybridized carbons (Fsp3) is 0.353. The van der Waals surface area contributed by atoms with Gasteiger partial charge < -0.3 is 5.32 Å². The van der Waals surface area contributed by atoms with E-state index in [-0.39, 0.29) is 11.8 Å². The lowest BCUT2D eigenvalue weighted by Gasteiger charge is -2.30. The van der Waals surface area contributed by atoms with Gasteiger partial charge in [0.1, 0.15) is 4.21 Å². The van der Waals surface area contributed by atoms with Crippen molar-refractivity contribution in [2.45, 2.75) is 21.9 Å². The highest BCUT2D eigenvalue weighted by Gasteiger charge is 2.32. The first kappa shape index (κ1) is 19.9. The highest BCUT2D eigenvalue weighted by atomic mass is 79.9. The van der Waals surface area contributed by atoms with Crippen molar-refractivity contribution in [3.8, 4) is 0 Å². The van der Waals surface area contributed by atoms with E-state index in [0.717, 1.165) is 14.4 Å². The van der Waals surface area contributed by atoms with Gasteiger partial charge in [-0.25, -0.2) is 8.42 Å². The van der Waals surface area contributed by atoms with Crippen LogP contribution >= 0.6 is 39.0 Å². The van der Waals surface area contributed by atoms with Crippen molar-refractivity contribution in [3.05, 3.63) is 40.2 Å². The fourth-order valence-corrected chi connectivity index (χ4v) is 6.96. The lowest BCUT2D eigenvalue weighted by atomic mass is 9.97. The van der Waals surface area contributed by atoms with Crippen LogP contribution in [0, 0.1) is 5.92 Å². The molecule has 26 heavy (non-hydrogen) atoms. The third kappa shape index (κ3) is 4.51. The first-order chi connectivity index (χ1) is 12.4. The van der Waals surface area contributed by atoms with Crippen LogP contribution in [-0.2, 0) is 14.8 Å². The Hall–Kier alpha value is -0.870. The standard InChI is InChI=1S/C17H19BrN2O3S3/c1-24-14-4-2-3-13(11-14)19-17(21)12-7-9-20(10-8-12)26(22,23)16-6-5-15(18)25-16/h2-6,11-12H,7-10H2,1H3,(H,19,21). The molecule has 3 rings (SSSR count). The van der Waals surface area contributed by atoms with E-state index in [1.54, 1.807) is 23.9 Å². The van der Waals surface area contributed by atoms with E-state index in [9.17, 15) is 13.2 Å². The maximum atomic E-state index is 12.7. The SMILES string of the molecule is CSc1cccc(NC(=O)C2CCN(S(=O)(=O)c3ccc(Br)s3)CC2)c1. The van der Waals surface area contributed by atoms with Crippen LogP contribution in [0.2, 0.25) is 0 Å². The van der Waals surface area contributed by atoms with Gasteiger partial charge in [0.25, 0.3) is 10.0 Å². The zero-order valence-corrected chi connectivity index (χ0v) is 18.2. The Morgan fingerprint density at radius 1 is 1.27 bits per heavy atom. The third-order valence-electron chi connectivity index (χ3n) is 4.30. The second kappa shape index (κ2) is 8.43. The summed E-state index contributed by atoms with van der Waals surface area (Å²) in [7, 11) is -3.47. The number of piperidine rings is 1. The molecule has 140 valence electrons. The molecule has 1 aliphatic rings. The van der Waals surface area contributed by atoms with E-state index in [0.29, 0.717) is 30.1 Å². The molecule has 2 aromatic rings. The molecular weight excluding hydrogens is 456 g/mol. The zero-order chi connectivity index (χ0) is 18.7. The molecule has 1 fully saturated rings. The Morgan fingerprint density at radius 3 is 2.62 bits per heavy atom. The molecule has 0 saturated carbocycles. The van der Waals surface area contributed by atoms with Gasteiger partial charge >= 0.3 is 0 Å². The number of sulfonamides is 1. The maximum Gasteiger partial charge on any atom is 0.252 e. The Bertz CT molecular complexity index is 890. The molecule has 1 aromatic carbocycles. The van der Waals surface area contributed by atoms with E-state index in [2.05, 4.69) is 21.2 Å². The molecule has 9 heteroatoms. The van der Waals surface area contributed by atoms with Crippen molar-refractivity contribution in [2.24, 2.45) is 5.92 Å². The normalized spacial score (nSPS) is 16.5. The summed E-state index contributed by atoms with van der Waals surface area (Å²) in [6.45, 7) is 0.724. The number of hydrogen-bond acceptors (Lipinski definition) is 5. The molecule has 0 bridgehead atoms. The number of nitrogens with zero attached hydrogens (tertiary/aromatic N) is 1. The lowest BCUT2D eigenvalue weighted by Crippen LogP contribution is -2.41. The second-order valence-corrected chi connectivity index (χ2v) is 11.5. The number of carbonyl (C=O) groups excluding carboxylic acids is 1. The van der Waals surface area contributed by atoms with Crippen molar-refractivity contribution in [1.82, 2.24) is 4.31 Å². The van der Waals surface area contributed by atoms with Gasteiger partial charge in [-0.1, -0.05) is 6.07 Å². The smallest absolute Gasteiger partial charge is 0.252 e. The molecule has 1 N–H and O–H groups in total. The second-order valence-electron chi connectivity index (χ2n) is 5.96. The summed E-state index contributed by atoms with van der Waals surface area (Å²) in [5.41, 5.74) is 0.778. The number of anilines is 1. The fourth-order valence-electron chi connectivity index (χ4n) is 2.87. The average Bonchev–Trinajstić information content (AvgIpc) is 3.09. The maximum absolute atomic E-state index is 12.7. The number of thioether (sulfide) groups is 1. The molecule has 0 atom stereocenters. The van der Waals surface area contributed by atoms with E-state index in [1.165, 1.54) is 15.6 Å². The van der Waals surface area contributed by atoms with Crippen LogP contribution in [0.25, 0.3) is 0 Å². The largest absolute Gasteiger partial charge is 0.326 e. The van der Waals surface area contributed by atoms with Crippen LogP contribution in [0.4, 0.5) is 5.69 Å². The summed E-state index contributed by atoms with van der Waals surface area (Å²) in [4.78, 5) is 13.6. The zero-order valence-electron chi connectivity index (χ0n) is 14.1. The van der Waals surface area contributed by atoms with Crippen LogP contribution in [0.15, 0.2) is 49.3 Å². The summed E-state index contributed by atoms with van der Waals surface area (Å²) in [5, 5.41) is 2.95. The molecule has 0 spiro atoms. The molecule has 1 amide bonds. The molecule has 5 nitrogen and oxygen atoms in total. The van der Waals surface area contributed by atoms with Crippen LogP contribution in [0.1, 0.15) is 12.8 Å². The topological polar surface area (TPSA) is 66.5 Å². The first-order valence-electron chi connectivity index (χ1n) is 8.10. The van der Waals surface area contributed by atoms with Gasteiger partial charge in [0, 0.05) is 29.6 Å². The number of halogens is 1. The summed E-state index contributed by atoms with van der Waals surface area (Å²) < 4.78 is 27.9. The number of hydrogen-bond donors (Lipinski definition) is 1. The van der Waals surface area contributed by atoms with Crippen molar-refractivity contribution >= 4 is 60.6 Å². The molecule has 2 heterocycles. The number of rotatable bonds is 5. The van der Waals surface area contributed by atoms with Crippen LogP contribution in [0.5, 0.6) is 0 Å². The average molecular weight is 475 g/mol. The molecule has 0 aliphatic carbocycles. The predicted octanol–water partition coefficient (Wildman–Crippen LogP) is 4.27.